The van der Waals surface area contributed by atoms with Crippen molar-refractivity contribution in [2.24, 2.45) is 0 Å². The minimum Gasteiger partial charge on any atom is -0.379 e. The van der Waals surface area contributed by atoms with E-state index in [0.29, 0.717) is 39.0 Å². The van der Waals surface area contributed by atoms with Crippen LogP contribution in [0, 0.1) is 6.92 Å². The smallest absolute Gasteiger partial charge is 0.227 e. The Morgan fingerprint density at radius 3 is 2.08 bits per heavy atom. The summed E-state index contributed by atoms with van der Waals surface area (Å²) in [7, 11) is 0. The molecule has 0 bridgehead atoms. The van der Waals surface area contributed by atoms with Gasteiger partial charge in [0.15, 0.2) is 0 Å². The number of morpholine rings is 1. The first-order valence-corrected chi connectivity index (χ1v) is 9.53. The third kappa shape index (κ3) is 5.29. The van der Waals surface area contributed by atoms with Gasteiger partial charge >= 0.3 is 0 Å². The van der Waals surface area contributed by atoms with Crippen molar-refractivity contribution in [2.45, 2.75) is 19.8 Å². The topological polar surface area (TPSA) is 53.1 Å². The summed E-state index contributed by atoms with van der Waals surface area (Å²) in [6.07, 6.45) is 0.989. The molecule has 2 fully saturated rings. The first-order chi connectivity index (χ1) is 12.6. The minimum absolute atomic E-state index is 0.147. The zero-order valence-corrected chi connectivity index (χ0v) is 15.7. The van der Waals surface area contributed by atoms with E-state index in [1.54, 1.807) is 0 Å². The lowest BCUT2D eigenvalue weighted by Gasteiger charge is -2.35. The monoisotopic (exact) mass is 359 g/mol. The van der Waals surface area contributed by atoms with Crippen LogP contribution in [0.4, 0.5) is 0 Å². The van der Waals surface area contributed by atoms with Crippen LogP contribution in [0.1, 0.15) is 17.5 Å². The summed E-state index contributed by atoms with van der Waals surface area (Å²) in [5, 5.41) is 0. The van der Waals surface area contributed by atoms with Crippen LogP contribution in [0.2, 0.25) is 0 Å². The molecule has 0 spiro atoms. The second-order valence-electron chi connectivity index (χ2n) is 7.13. The Labute approximate surface area is 155 Å². The van der Waals surface area contributed by atoms with E-state index in [1.165, 1.54) is 5.56 Å². The fourth-order valence-corrected chi connectivity index (χ4v) is 3.43. The van der Waals surface area contributed by atoms with Gasteiger partial charge in [-0.1, -0.05) is 29.8 Å². The Morgan fingerprint density at radius 2 is 1.46 bits per heavy atom. The fourth-order valence-electron chi connectivity index (χ4n) is 3.43. The largest absolute Gasteiger partial charge is 0.379 e. The Morgan fingerprint density at radius 1 is 0.885 bits per heavy atom. The van der Waals surface area contributed by atoms with E-state index >= 15 is 0 Å². The number of hydrogen-bond donors (Lipinski definition) is 0. The summed E-state index contributed by atoms with van der Waals surface area (Å²) < 4.78 is 5.33. The number of rotatable bonds is 5. The zero-order valence-electron chi connectivity index (χ0n) is 15.7. The molecule has 0 saturated carbocycles. The second-order valence-corrected chi connectivity index (χ2v) is 7.13. The Bertz CT molecular complexity index is 603. The van der Waals surface area contributed by atoms with E-state index in [0.717, 1.165) is 38.4 Å². The van der Waals surface area contributed by atoms with Crippen molar-refractivity contribution in [3.8, 4) is 0 Å². The highest BCUT2D eigenvalue weighted by molar-refractivity contribution is 5.80. The molecule has 1 aromatic rings. The first-order valence-electron chi connectivity index (χ1n) is 9.53. The van der Waals surface area contributed by atoms with Crippen molar-refractivity contribution >= 4 is 11.8 Å². The quantitative estimate of drug-likeness (QED) is 0.785. The van der Waals surface area contributed by atoms with Crippen LogP contribution < -0.4 is 0 Å². The molecular weight excluding hydrogens is 330 g/mol. The van der Waals surface area contributed by atoms with Crippen LogP contribution >= 0.6 is 0 Å². The van der Waals surface area contributed by atoms with Gasteiger partial charge in [0.05, 0.1) is 19.6 Å². The van der Waals surface area contributed by atoms with Crippen molar-refractivity contribution in [3.63, 3.8) is 0 Å². The van der Waals surface area contributed by atoms with Crippen LogP contribution in [0.15, 0.2) is 24.3 Å². The molecular formula is C20H29N3O3. The molecule has 6 nitrogen and oxygen atoms in total. The van der Waals surface area contributed by atoms with Crippen LogP contribution in [-0.2, 0) is 20.7 Å². The van der Waals surface area contributed by atoms with Crippen molar-refractivity contribution in [1.29, 1.82) is 0 Å². The molecule has 2 aliphatic heterocycles. The van der Waals surface area contributed by atoms with E-state index in [9.17, 15) is 9.59 Å². The summed E-state index contributed by atoms with van der Waals surface area (Å²) in [4.78, 5) is 30.9. The third-order valence-electron chi connectivity index (χ3n) is 5.21. The predicted octanol–water partition coefficient (Wildman–Crippen LogP) is 0.931. The van der Waals surface area contributed by atoms with Gasteiger partial charge in [0.1, 0.15) is 0 Å². The lowest BCUT2D eigenvalue weighted by Crippen LogP contribution is -2.51. The molecule has 2 heterocycles. The SMILES string of the molecule is Cc1ccc(CC(=O)N2CCN(C(=O)CCN3CCOCC3)CC2)cc1. The van der Waals surface area contributed by atoms with Gasteiger partial charge in [0, 0.05) is 52.2 Å². The number of piperazine rings is 1. The first kappa shape index (κ1) is 18.9. The highest BCUT2D eigenvalue weighted by Gasteiger charge is 2.24. The molecule has 0 radical (unpaired) electrons. The summed E-state index contributed by atoms with van der Waals surface area (Å²) in [6, 6.07) is 8.10. The molecule has 26 heavy (non-hydrogen) atoms. The van der Waals surface area contributed by atoms with E-state index < -0.39 is 0 Å². The van der Waals surface area contributed by atoms with Crippen LogP contribution in [0.5, 0.6) is 0 Å². The van der Waals surface area contributed by atoms with E-state index in [4.69, 9.17) is 4.74 Å². The van der Waals surface area contributed by atoms with E-state index in [1.807, 2.05) is 41.0 Å². The van der Waals surface area contributed by atoms with Gasteiger partial charge in [0.2, 0.25) is 11.8 Å². The summed E-state index contributed by atoms with van der Waals surface area (Å²) in [5.74, 6) is 0.344. The highest BCUT2D eigenvalue weighted by Crippen LogP contribution is 2.10. The Balaban J connectivity index is 1.39. The normalized spacial score (nSPS) is 18.8. The number of hydrogen-bond acceptors (Lipinski definition) is 4. The van der Waals surface area contributed by atoms with Crippen molar-refractivity contribution < 1.29 is 14.3 Å². The van der Waals surface area contributed by atoms with Gasteiger partial charge < -0.3 is 14.5 Å². The molecule has 2 aliphatic rings. The Hall–Kier alpha value is -1.92. The molecule has 0 aliphatic carbocycles. The summed E-state index contributed by atoms with van der Waals surface area (Å²) in [5.41, 5.74) is 2.25. The number of benzene rings is 1. The highest BCUT2D eigenvalue weighted by atomic mass is 16.5. The molecule has 0 atom stereocenters. The molecule has 6 heteroatoms. The molecule has 0 aromatic heterocycles. The fraction of sp³-hybridized carbons (Fsp3) is 0.600. The maximum Gasteiger partial charge on any atom is 0.227 e. The zero-order chi connectivity index (χ0) is 18.4. The predicted molar refractivity (Wildman–Crippen MR) is 99.9 cm³/mol. The van der Waals surface area contributed by atoms with Crippen LogP contribution in [0.25, 0.3) is 0 Å². The van der Waals surface area contributed by atoms with Gasteiger partial charge in [-0.2, -0.15) is 0 Å². The number of amides is 2. The summed E-state index contributed by atoms with van der Waals surface area (Å²) in [6.45, 7) is 8.73. The minimum atomic E-state index is 0.147. The lowest BCUT2D eigenvalue weighted by molar-refractivity contribution is -0.139. The number of carbonyl (C=O) groups is 2. The molecule has 0 unspecified atom stereocenters. The Kier molecular flexibility index (Phi) is 6.63. The standard InChI is InChI=1S/C20H29N3O3/c1-17-2-4-18(5-3-17)16-20(25)23-10-8-22(9-11-23)19(24)6-7-21-12-14-26-15-13-21/h2-5H,6-16H2,1H3. The van der Waals surface area contributed by atoms with Gasteiger partial charge in [-0.15, -0.1) is 0 Å². The second kappa shape index (κ2) is 9.14. The van der Waals surface area contributed by atoms with Crippen molar-refractivity contribution in [2.75, 3.05) is 59.0 Å². The number of carbonyl (C=O) groups excluding carboxylic acids is 2. The maximum absolute atomic E-state index is 12.5. The van der Waals surface area contributed by atoms with Crippen LogP contribution in [0.3, 0.4) is 0 Å². The van der Waals surface area contributed by atoms with Gasteiger partial charge in [-0.25, -0.2) is 0 Å². The third-order valence-corrected chi connectivity index (χ3v) is 5.21. The van der Waals surface area contributed by atoms with E-state index in [2.05, 4.69) is 4.90 Å². The lowest BCUT2D eigenvalue weighted by atomic mass is 10.1. The molecule has 2 saturated heterocycles. The van der Waals surface area contributed by atoms with Gasteiger partial charge in [-0.05, 0) is 12.5 Å². The molecule has 3 rings (SSSR count). The average Bonchev–Trinajstić information content (AvgIpc) is 2.69. The molecule has 1 aromatic carbocycles. The molecule has 2 amide bonds. The average molecular weight is 359 g/mol. The summed E-state index contributed by atoms with van der Waals surface area (Å²) >= 11 is 0. The van der Waals surface area contributed by atoms with Crippen molar-refractivity contribution in [1.82, 2.24) is 14.7 Å². The molecule has 142 valence electrons. The number of nitrogens with zero attached hydrogens (tertiary/aromatic N) is 3. The van der Waals surface area contributed by atoms with Gasteiger partial charge in [-0.3, -0.25) is 14.5 Å². The van der Waals surface area contributed by atoms with Gasteiger partial charge in [0.25, 0.3) is 0 Å². The number of aryl methyl sites for hydroxylation is 1. The van der Waals surface area contributed by atoms with Crippen LogP contribution in [-0.4, -0.2) is 85.5 Å². The maximum atomic E-state index is 12.5. The molecule has 0 N–H and O–H groups in total. The number of ether oxygens (including phenoxy) is 1. The van der Waals surface area contributed by atoms with Crippen molar-refractivity contribution in [3.05, 3.63) is 35.4 Å². The van der Waals surface area contributed by atoms with E-state index in [-0.39, 0.29) is 11.8 Å².